The smallest absolute Gasteiger partial charge is 0.306 e. The van der Waals surface area contributed by atoms with Crippen LogP contribution in [0.2, 0.25) is 0 Å². The van der Waals surface area contributed by atoms with E-state index in [0.717, 1.165) is 4.90 Å². The Hall–Kier alpha value is -1.07. The first-order valence-corrected chi connectivity index (χ1v) is 5.09. The fourth-order valence-electron chi connectivity index (χ4n) is 0.887. The highest BCUT2D eigenvalue weighted by Crippen LogP contribution is 2.17. The quantitative estimate of drug-likeness (QED) is 0.714. The maximum atomic E-state index is 10.2. The van der Waals surface area contributed by atoms with E-state index in [0.29, 0.717) is 5.75 Å². The van der Waals surface area contributed by atoms with Crippen molar-refractivity contribution in [3.05, 3.63) is 24.5 Å². The third-order valence-electron chi connectivity index (χ3n) is 1.50. The number of thioether (sulfide) groups is 1. The van der Waals surface area contributed by atoms with Gasteiger partial charge in [0.05, 0.1) is 12.5 Å². The summed E-state index contributed by atoms with van der Waals surface area (Å²) in [6.07, 6.45) is 2.31. The van der Waals surface area contributed by atoms with Gasteiger partial charge in [0.1, 0.15) is 0 Å². The zero-order valence-corrected chi connectivity index (χ0v) is 8.28. The van der Waals surface area contributed by atoms with Crippen LogP contribution >= 0.6 is 11.8 Å². The summed E-state index contributed by atoms with van der Waals surface area (Å²) in [6, 6.07) is 3.64. The van der Waals surface area contributed by atoms with Gasteiger partial charge in [-0.3, -0.25) is 9.78 Å². The molecule has 0 aliphatic carbocycles. The van der Waals surface area contributed by atoms with Crippen molar-refractivity contribution in [2.75, 3.05) is 5.75 Å². The predicted octanol–water partition coefficient (Wildman–Crippen LogP) is 1.01. The molecule has 1 aromatic rings. The van der Waals surface area contributed by atoms with Crippen LogP contribution in [0.3, 0.4) is 0 Å². The van der Waals surface area contributed by atoms with Gasteiger partial charge in [-0.2, -0.15) is 0 Å². The van der Waals surface area contributed by atoms with Gasteiger partial charge in [0.15, 0.2) is 0 Å². The van der Waals surface area contributed by atoms with Crippen LogP contribution in [-0.4, -0.2) is 33.0 Å². The number of carboxylic acid groups (broad SMARTS) is 1. The van der Waals surface area contributed by atoms with Crippen molar-refractivity contribution in [3.8, 4) is 0 Å². The molecule has 0 radical (unpaired) electrons. The Morgan fingerprint density at radius 2 is 2.14 bits per heavy atom. The maximum Gasteiger partial charge on any atom is 0.306 e. The summed E-state index contributed by atoms with van der Waals surface area (Å²) in [6.45, 7) is 0. The van der Waals surface area contributed by atoms with Gasteiger partial charge in [0, 0.05) is 23.0 Å². The van der Waals surface area contributed by atoms with Crippen LogP contribution in [0.25, 0.3) is 0 Å². The minimum atomic E-state index is -0.979. The summed E-state index contributed by atoms with van der Waals surface area (Å²) >= 11 is 1.42. The predicted molar refractivity (Wildman–Crippen MR) is 53.2 cm³/mol. The fourth-order valence-corrected chi connectivity index (χ4v) is 1.70. The van der Waals surface area contributed by atoms with Crippen molar-refractivity contribution in [1.82, 2.24) is 4.98 Å². The topological polar surface area (TPSA) is 70.4 Å². The maximum absolute atomic E-state index is 10.2. The molecule has 76 valence electrons. The van der Waals surface area contributed by atoms with Crippen molar-refractivity contribution in [2.24, 2.45) is 0 Å². The lowest BCUT2D eigenvalue weighted by Crippen LogP contribution is -2.15. The number of rotatable bonds is 5. The number of pyridine rings is 1. The van der Waals surface area contributed by atoms with Crippen LogP contribution in [0.5, 0.6) is 0 Å². The number of aliphatic hydroxyl groups is 1. The molecular weight excluding hydrogens is 202 g/mol. The molecule has 0 aliphatic rings. The number of aromatic nitrogens is 1. The lowest BCUT2D eigenvalue weighted by atomic mass is 10.3. The van der Waals surface area contributed by atoms with Crippen molar-refractivity contribution in [3.63, 3.8) is 0 Å². The summed E-state index contributed by atoms with van der Waals surface area (Å²) in [4.78, 5) is 15.1. The van der Waals surface area contributed by atoms with E-state index in [1.165, 1.54) is 11.8 Å². The average molecular weight is 213 g/mol. The number of hydrogen-bond donors (Lipinski definition) is 2. The number of aliphatic hydroxyl groups excluding tert-OH is 1. The third kappa shape index (κ3) is 4.25. The molecule has 0 spiro atoms. The zero-order chi connectivity index (χ0) is 10.4. The second-order valence-electron chi connectivity index (χ2n) is 2.75. The van der Waals surface area contributed by atoms with E-state index in [1.54, 1.807) is 12.4 Å². The van der Waals surface area contributed by atoms with Crippen LogP contribution in [-0.2, 0) is 4.79 Å². The summed E-state index contributed by atoms with van der Waals surface area (Å²) in [5.41, 5.74) is 0. The van der Waals surface area contributed by atoms with Crippen LogP contribution in [0.4, 0.5) is 0 Å². The van der Waals surface area contributed by atoms with Crippen LogP contribution in [0, 0.1) is 0 Å². The number of aliphatic carboxylic acids is 1. The highest BCUT2D eigenvalue weighted by molar-refractivity contribution is 7.99. The van der Waals surface area contributed by atoms with E-state index in [9.17, 15) is 9.90 Å². The monoisotopic (exact) mass is 213 g/mol. The molecule has 14 heavy (non-hydrogen) atoms. The fraction of sp³-hybridized carbons (Fsp3) is 0.333. The Bertz CT molecular complexity index is 291. The lowest BCUT2D eigenvalue weighted by molar-refractivity contribution is -0.138. The first-order valence-electron chi connectivity index (χ1n) is 4.11. The zero-order valence-electron chi connectivity index (χ0n) is 7.46. The molecule has 0 amide bonds. The van der Waals surface area contributed by atoms with Crippen LogP contribution in [0.1, 0.15) is 6.42 Å². The molecule has 0 aromatic carbocycles. The Morgan fingerprint density at radius 1 is 1.50 bits per heavy atom. The Labute approximate surface area is 86.0 Å². The van der Waals surface area contributed by atoms with Crippen molar-refractivity contribution in [1.29, 1.82) is 0 Å². The molecule has 0 fully saturated rings. The Kier molecular flexibility index (Phi) is 4.42. The standard InChI is InChI=1S/C9H11NO3S/c11-7(5-9(12)13)6-14-8-1-3-10-4-2-8/h1-4,7,11H,5-6H2,(H,12,13). The molecule has 1 aromatic heterocycles. The minimum absolute atomic E-state index is 0.210. The van der Waals surface area contributed by atoms with Crippen molar-refractivity contribution in [2.45, 2.75) is 17.4 Å². The second-order valence-corrected chi connectivity index (χ2v) is 3.84. The summed E-state index contributed by atoms with van der Waals surface area (Å²) in [5.74, 6) is -0.594. The van der Waals surface area contributed by atoms with E-state index in [4.69, 9.17) is 5.11 Å². The van der Waals surface area contributed by atoms with Gasteiger partial charge in [0.25, 0.3) is 0 Å². The molecule has 1 heterocycles. The molecule has 0 saturated carbocycles. The molecule has 0 aliphatic heterocycles. The van der Waals surface area contributed by atoms with Gasteiger partial charge in [-0.05, 0) is 12.1 Å². The first-order chi connectivity index (χ1) is 6.68. The number of carboxylic acids is 1. The lowest BCUT2D eigenvalue weighted by Gasteiger charge is -2.06. The van der Waals surface area contributed by atoms with E-state index in [2.05, 4.69) is 4.98 Å². The largest absolute Gasteiger partial charge is 0.481 e. The van der Waals surface area contributed by atoms with Crippen molar-refractivity contribution < 1.29 is 15.0 Å². The minimum Gasteiger partial charge on any atom is -0.481 e. The normalized spacial score (nSPS) is 12.4. The number of hydrogen-bond acceptors (Lipinski definition) is 4. The van der Waals surface area contributed by atoms with E-state index >= 15 is 0 Å². The van der Waals surface area contributed by atoms with E-state index < -0.39 is 12.1 Å². The SMILES string of the molecule is O=C(O)CC(O)CSc1ccncc1. The van der Waals surface area contributed by atoms with Crippen LogP contribution in [0.15, 0.2) is 29.4 Å². The molecule has 1 atom stereocenters. The number of nitrogens with zero attached hydrogens (tertiary/aromatic N) is 1. The first kappa shape index (κ1) is 11.0. The summed E-state index contributed by atoms with van der Waals surface area (Å²) in [5, 5.41) is 17.7. The Balaban J connectivity index is 2.30. The molecule has 0 bridgehead atoms. The molecular formula is C9H11NO3S. The number of carbonyl (C=O) groups is 1. The molecule has 1 rings (SSSR count). The average Bonchev–Trinajstić information content (AvgIpc) is 2.15. The van der Waals surface area contributed by atoms with Gasteiger partial charge < -0.3 is 10.2 Å². The second kappa shape index (κ2) is 5.62. The highest BCUT2D eigenvalue weighted by atomic mass is 32.2. The van der Waals surface area contributed by atoms with Crippen molar-refractivity contribution >= 4 is 17.7 Å². The molecule has 0 saturated heterocycles. The van der Waals surface area contributed by atoms with Crippen LogP contribution < -0.4 is 0 Å². The van der Waals surface area contributed by atoms with E-state index in [-0.39, 0.29) is 6.42 Å². The van der Waals surface area contributed by atoms with Gasteiger partial charge >= 0.3 is 5.97 Å². The van der Waals surface area contributed by atoms with Gasteiger partial charge in [-0.1, -0.05) is 0 Å². The Morgan fingerprint density at radius 3 is 2.71 bits per heavy atom. The van der Waals surface area contributed by atoms with Gasteiger partial charge in [-0.25, -0.2) is 0 Å². The summed E-state index contributed by atoms with van der Waals surface area (Å²) in [7, 11) is 0. The third-order valence-corrected chi connectivity index (χ3v) is 2.66. The van der Waals surface area contributed by atoms with E-state index in [1.807, 2.05) is 12.1 Å². The van der Waals surface area contributed by atoms with Gasteiger partial charge in [-0.15, -0.1) is 11.8 Å². The molecule has 1 unspecified atom stereocenters. The molecule has 2 N–H and O–H groups in total. The summed E-state index contributed by atoms with van der Waals surface area (Å²) < 4.78 is 0. The highest BCUT2D eigenvalue weighted by Gasteiger charge is 2.09. The molecule has 5 heteroatoms. The molecule has 4 nitrogen and oxygen atoms in total. The van der Waals surface area contributed by atoms with Gasteiger partial charge in [0.2, 0.25) is 0 Å².